The van der Waals surface area contributed by atoms with E-state index in [4.69, 9.17) is 27.3 Å². The van der Waals surface area contributed by atoms with E-state index < -0.39 is 4.92 Å². The van der Waals surface area contributed by atoms with E-state index in [-0.39, 0.29) is 28.9 Å². The number of oxime groups is 1. The van der Waals surface area contributed by atoms with Crippen LogP contribution in [0.5, 0.6) is 5.75 Å². The highest BCUT2D eigenvalue weighted by Crippen LogP contribution is 2.34. The molecule has 0 unspecified atom stereocenters. The molecule has 3 N–H and O–H groups in total. The number of nitrogens with zero attached hydrogens (tertiary/aromatic N) is 2. The van der Waals surface area contributed by atoms with Crippen LogP contribution in [-0.2, 0) is 0 Å². The number of nitro groups is 1. The van der Waals surface area contributed by atoms with Crippen LogP contribution in [0.2, 0.25) is 5.02 Å². The lowest BCUT2D eigenvalue weighted by atomic mass is 10.3. The predicted octanol–water partition coefficient (Wildman–Crippen LogP) is 1.37. The highest BCUT2D eigenvalue weighted by atomic mass is 35.5. The van der Waals surface area contributed by atoms with Crippen LogP contribution in [0, 0.1) is 10.1 Å². The number of hydrogen-bond acceptors (Lipinski definition) is 5. The van der Waals surface area contributed by atoms with Crippen molar-refractivity contribution >= 4 is 23.1 Å². The Hall–Kier alpha value is -2.02. The molecule has 0 aliphatic rings. The normalized spacial score (nSPS) is 11.2. The summed E-state index contributed by atoms with van der Waals surface area (Å²) in [6.45, 7) is -0.291. The summed E-state index contributed by atoms with van der Waals surface area (Å²) in [5.41, 5.74) is 4.88. The molecule has 0 aromatic heterocycles. The minimum atomic E-state index is -0.631. The molecule has 1 rings (SSSR count). The molecule has 7 nitrogen and oxygen atoms in total. The number of ether oxygens (including phenoxy) is 1. The molecular formula is C8H8ClN3O4. The van der Waals surface area contributed by atoms with Crippen molar-refractivity contribution in [3.8, 4) is 5.75 Å². The van der Waals surface area contributed by atoms with E-state index >= 15 is 0 Å². The lowest BCUT2D eigenvalue weighted by Gasteiger charge is -2.06. The summed E-state index contributed by atoms with van der Waals surface area (Å²) in [4.78, 5) is 10.0. The zero-order valence-corrected chi connectivity index (χ0v) is 8.72. The molecule has 0 amide bonds. The number of nitrogens with two attached hydrogens (primary N) is 1. The quantitative estimate of drug-likeness (QED) is 0.274. The van der Waals surface area contributed by atoms with Crippen molar-refractivity contribution < 1.29 is 14.9 Å². The first-order valence-corrected chi connectivity index (χ1v) is 4.46. The second-order valence-electron chi connectivity index (χ2n) is 2.73. The lowest BCUT2D eigenvalue weighted by Crippen LogP contribution is -2.21. The molecule has 0 fully saturated rings. The Morgan fingerprint density at radius 3 is 2.94 bits per heavy atom. The van der Waals surface area contributed by atoms with E-state index in [2.05, 4.69) is 5.16 Å². The van der Waals surface area contributed by atoms with Gasteiger partial charge >= 0.3 is 5.69 Å². The Bertz CT molecular complexity index is 435. The summed E-state index contributed by atoms with van der Waals surface area (Å²) in [5.74, 6) is -0.324. The fourth-order valence-corrected chi connectivity index (χ4v) is 1.18. The zero-order chi connectivity index (χ0) is 12.1. The topological polar surface area (TPSA) is 111 Å². The molecule has 0 spiro atoms. The van der Waals surface area contributed by atoms with Gasteiger partial charge in [-0.05, 0) is 6.07 Å². The molecule has 0 aliphatic carbocycles. The first-order chi connectivity index (χ1) is 7.56. The molecule has 8 heteroatoms. The lowest BCUT2D eigenvalue weighted by molar-refractivity contribution is -0.385. The summed E-state index contributed by atoms with van der Waals surface area (Å²) in [7, 11) is 0. The SMILES string of the molecule is N/C(COc1c(Cl)cccc1[N+](=O)[O-])=N/O. The van der Waals surface area contributed by atoms with Crippen LogP contribution in [0.15, 0.2) is 23.4 Å². The molecule has 0 atom stereocenters. The Morgan fingerprint density at radius 2 is 2.38 bits per heavy atom. The van der Waals surface area contributed by atoms with Crippen LogP contribution in [0.1, 0.15) is 0 Å². The number of nitro benzene ring substituents is 1. The third kappa shape index (κ3) is 2.74. The van der Waals surface area contributed by atoms with Crippen LogP contribution in [-0.4, -0.2) is 22.6 Å². The van der Waals surface area contributed by atoms with Gasteiger partial charge in [0.2, 0.25) is 5.75 Å². The van der Waals surface area contributed by atoms with Gasteiger partial charge in [0.1, 0.15) is 6.61 Å². The number of para-hydroxylation sites is 1. The van der Waals surface area contributed by atoms with Gasteiger partial charge < -0.3 is 15.7 Å². The summed E-state index contributed by atoms with van der Waals surface area (Å²) >= 11 is 5.73. The molecule has 0 aliphatic heterocycles. The van der Waals surface area contributed by atoms with Gasteiger partial charge in [0, 0.05) is 6.07 Å². The second kappa shape index (κ2) is 5.17. The number of halogens is 1. The fourth-order valence-electron chi connectivity index (χ4n) is 0.959. The Labute approximate surface area is 95.2 Å². The van der Waals surface area contributed by atoms with E-state index in [0.717, 1.165) is 0 Å². The Kier molecular flexibility index (Phi) is 3.90. The van der Waals surface area contributed by atoms with Crippen molar-refractivity contribution in [3.05, 3.63) is 33.3 Å². The minimum Gasteiger partial charge on any atom is -0.478 e. The second-order valence-corrected chi connectivity index (χ2v) is 3.13. The van der Waals surface area contributed by atoms with Crippen LogP contribution in [0.3, 0.4) is 0 Å². The summed E-state index contributed by atoms with van der Waals surface area (Å²) in [6, 6.07) is 4.11. The van der Waals surface area contributed by atoms with Crippen molar-refractivity contribution in [2.45, 2.75) is 0 Å². The van der Waals surface area contributed by atoms with Gasteiger partial charge in [-0.2, -0.15) is 0 Å². The van der Waals surface area contributed by atoms with Crippen LogP contribution in [0.25, 0.3) is 0 Å². The van der Waals surface area contributed by atoms with E-state index in [1.54, 1.807) is 0 Å². The van der Waals surface area contributed by atoms with Gasteiger partial charge in [-0.25, -0.2) is 0 Å². The first-order valence-electron chi connectivity index (χ1n) is 4.08. The monoisotopic (exact) mass is 245 g/mol. The highest BCUT2D eigenvalue weighted by Gasteiger charge is 2.18. The van der Waals surface area contributed by atoms with Gasteiger partial charge in [-0.1, -0.05) is 22.8 Å². The molecule has 0 saturated heterocycles. The highest BCUT2D eigenvalue weighted by molar-refractivity contribution is 6.32. The molecule has 16 heavy (non-hydrogen) atoms. The average Bonchev–Trinajstić information content (AvgIpc) is 2.26. The third-order valence-corrected chi connectivity index (χ3v) is 1.93. The van der Waals surface area contributed by atoms with Crippen LogP contribution < -0.4 is 10.5 Å². The summed E-state index contributed by atoms with van der Waals surface area (Å²) in [6.07, 6.45) is 0. The van der Waals surface area contributed by atoms with Gasteiger partial charge in [-0.15, -0.1) is 0 Å². The molecule has 0 radical (unpaired) electrons. The van der Waals surface area contributed by atoms with Crippen LogP contribution >= 0.6 is 11.6 Å². The summed E-state index contributed by atoms with van der Waals surface area (Å²) in [5, 5.41) is 21.7. The largest absolute Gasteiger partial charge is 0.478 e. The molecular weight excluding hydrogens is 238 g/mol. The smallest absolute Gasteiger partial charge is 0.312 e. The van der Waals surface area contributed by atoms with E-state index in [1.807, 2.05) is 0 Å². The Balaban J connectivity index is 2.97. The van der Waals surface area contributed by atoms with Gasteiger partial charge in [0.05, 0.1) is 9.95 Å². The van der Waals surface area contributed by atoms with Crippen molar-refractivity contribution in [1.82, 2.24) is 0 Å². The molecule has 1 aromatic carbocycles. The number of amidine groups is 1. The number of benzene rings is 1. The van der Waals surface area contributed by atoms with E-state index in [9.17, 15) is 10.1 Å². The molecule has 0 saturated carbocycles. The maximum atomic E-state index is 10.6. The Morgan fingerprint density at radius 1 is 1.69 bits per heavy atom. The van der Waals surface area contributed by atoms with Gasteiger partial charge in [0.25, 0.3) is 0 Å². The van der Waals surface area contributed by atoms with Crippen LogP contribution in [0.4, 0.5) is 5.69 Å². The van der Waals surface area contributed by atoms with E-state index in [1.165, 1.54) is 18.2 Å². The van der Waals surface area contributed by atoms with Crippen molar-refractivity contribution in [2.24, 2.45) is 10.9 Å². The van der Waals surface area contributed by atoms with Crippen molar-refractivity contribution in [1.29, 1.82) is 0 Å². The zero-order valence-electron chi connectivity index (χ0n) is 7.96. The molecule has 0 heterocycles. The minimum absolute atomic E-state index is 0.0833. The van der Waals surface area contributed by atoms with Crippen molar-refractivity contribution in [3.63, 3.8) is 0 Å². The first kappa shape index (κ1) is 12.1. The van der Waals surface area contributed by atoms with E-state index in [0.29, 0.717) is 0 Å². The molecule has 86 valence electrons. The number of rotatable bonds is 4. The molecule has 1 aromatic rings. The van der Waals surface area contributed by atoms with Gasteiger partial charge in [-0.3, -0.25) is 10.1 Å². The predicted molar refractivity (Wildman–Crippen MR) is 57.0 cm³/mol. The molecule has 0 bridgehead atoms. The standard InChI is InChI=1S/C8H8ClN3O4/c9-5-2-1-3-6(12(14)15)8(5)16-4-7(10)11-13/h1-3,13H,4H2,(H2,10,11). The summed E-state index contributed by atoms with van der Waals surface area (Å²) < 4.78 is 4.99. The number of hydrogen-bond donors (Lipinski definition) is 2. The fraction of sp³-hybridized carbons (Fsp3) is 0.125. The van der Waals surface area contributed by atoms with Crippen molar-refractivity contribution in [2.75, 3.05) is 6.61 Å². The maximum absolute atomic E-state index is 10.6. The third-order valence-electron chi connectivity index (χ3n) is 1.64. The van der Waals surface area contributed by atoms with Gasteiger partial charge in [0.15, 0.2) is 5.84 Å². The average molecular weight is 246 g/mol. The maximum Gasteiger partial charge on any atom is 0.312 e.